The third-order valence-corrected chi connectivity index (χ3v) is 3.42. The van der Waals surface area contributed by atoms with Crippen molar-refractivity contribution >= 4 is 6.03 Å². The lowest BCUT2D eigenvalue weighted by molar-refractivity contribution is 0.158. The van der Waals surface area contributed by atoms with Gasteiger partial charge in [-0.15, -0.1) is 0 Å². The van der Waals surface area contributed by atoms with Gasteiger partial charge in [-0.3, -0.25) is 0 Å². The second kappa shape index (κ2) is 4.88. The molecule has 3 atom stereocenters. The van der Waals surface area contributed by atoms with Gasteiger partial charge >= 0.3 is 6.03 Å². The summed E-state index contributed by atoms with van der Waals surface area (Å²) in [5.74, 6) is 1.22. The van der Waals surface area contributed by atoms with Crippen molar-refractivity contribution in [3.63, 3.8) is 0 Å². The summed E-state index contributed by atoms with van der Waals surface area (Å²) in [6, 6.07) is 7.94. The highest BCUT2D eigenvalue weighted by Gasteiger charge is 2.35. The van der Waals surface area contributed by atoms with Crippen LogP contribution in [0, 0.1) is 0 Å². The van der Waals surface area contributed by atoms with E-state index in [-0.39, 0.29) is 18.2 Å². The molecule has 0 aromatic heterocycles. The first kappa shape index (κ1) is 12.7. The second-order valence-electron chi connectivity index (χ2n) is 5.04. The first-order valence-electron chi connectivity index (χ1n) is 6.24. The number of nitrogens with zero attached hydrogens (tertiary/aromatic N) is 1. The van der Waals surface area contributed by atoms with Crippen LogP contribution in [0.2, 0.25) is 0 Å². The molecule has 2 rings (SSSR count). The van der Waals surface area contributed by atoms with E-state index in [0.29, 0.717) is 5.92 Å². The summed E-state index contributed by atoms with van der Waals surface area (Å²) in [4.78, 5) is 13.2. The average molecular weight is 248 g/mol. The van der Waals surface area contributed by atoms with Gasteiger partial charge in [0.2, 0.25) is 0 Å². The molecule has 0 radical (unpaired) electrons. The van der Waals surface area contributed by atoms with Crippen molar-refractivity contribution < 1.29 is 9.53 Å². The van der Waals surface area contributed by atoms with Crippen LogP contribution in [0.4, 0.5) is 4.79 Å². The minimum atomic E-state index is -0.0887. The lowest BCUT2D eigenvalue weighted by Gasteiger charge is -2.25. The molecule has 1 aromatic carbocycles. The Hall–Kier alpha value is -1.71. The van der Waals surface area contributed by atoms with E-state index >= 15 is 0 Å². The number of benzene rings is 1. The lowest BCUT2D eigenvalue weighted by atomic mass is 9.94. The minimum Gasteiger partial charge on any atom is -0.487 e. The van der Waals surface area contributed by atoms with Gasteiger partial charge in [0.15, 0.2) is 0 Å². The van der Waals surface area contributed by atoms with Crippen molar-refractivity contribution in [2.24, 2.45) is 0 Å². The zero-order valence-electron chi connectivity index (χ0n) is 11.3. The van der Waals surface area contributed by atoms with Crippen LogP contribution in [0.15, 0.2) is 24.3 Å². The summed E-state index contributed by atoms with van der Waals surface area (Å²) in [5.41, 5.74) is 1.22. The van der Waals surface area contributed by atoms with Crippen LogP contribution in [0.25, 0.3) is 0 Å². The van der Waals surface area contributed by atoms with E-state index < -0.39 is 0 Å². The molecule has 1 aromatic rings. The molecule has 4 nitrogen and oxygen atoms in total. The maximum atomic E-state index is 11.6. The summed E-state index contributed by atoms with van der Waals surface area (Å²) in [6.07, 6.45) is -0.00806. The number of ether oxygens (including phenoxy) is 1. The van der Waals surface area contributed by atoms with E-state index in [1.54, 1.807) is 14.1 Å². The SMILES string of the molecule is C[C@H](NC(=O)N(C)C)[C@H]1Oc2ccccc2[C@H]1C. The van der Waals surface area contributed by atoms with E-state index in [9.17, 15) is 4.79 Å². The Balaban J connectivity index is 2.07. The molecule has 1 aliphatic heterocycles. The molecule has 18 heavy (non-hydrogen) atoms. The van der Waals surface area contributed by atoms with Crippen molar-refractivity contribution in [1.29, 1.82) is 0 Å². The summed E-state index contributed by atoms with van der Waals surface area (Å²) < 4.78 is 5.93. The van der Waals surface area contributed by atoms with Gasteiger partial charge < -0.3 is 15.0 Å². The van der Waals surface area contributed by atoms with Gasteiger partial charge in [0.25, 0.3) is 0 Å². The molecule has 4 heteroatoms. The van der Waals surface area contributed by atoms with Crippen LogP contribution in [-0.2, 0) is 0 Å². The average Bonchev–Trinajstić information content (AvgIpc) is 2.67. The maximum Gasteiger partial charge on any atom is 0.317 e. The molecule has 1 aliphatic rings. The zero-order valence-corrected chi connectivity index (χ0v) is 11.3. The number of fused-ring (bicyclic) bond motifs is 1. The Kier molecular flexibility index (Phi) is 3.45. The Bertz CT molecular complexity index is 445. The van der Waals surface area contributed by atoms with Crippen molar-refractivity contribution in [3.8, 4) is 5.75 Å². The molecule has 0 bridgehead atoms. The second-order valence-corrected chi connectivity index (χ2v) is 5.04. The smallest absolute Gasteiger partial charge is 0.317 e. The van der Waals surface area contributed by atoms with Crippen LogP contribution >= 0.6 is 0 Å². The van der Waals surface area contributed by atoms with Crippen LogP contribution in [0.5, 0.6) is 5.75 Å². The van der Waals surface area contributed by atoms with Crippen LogP contribution < -0.4 is 10.1 Å². The number of carbonyl (C=O) groups excluding carboxylic acids is 1. The quantitative estimate of drug-likeness (QED) is 0.872. The Morgan fingerprint density at radius 3 is 2.67 bits per heavy atom. The Morgan fingerprint density at radius 1 is 1.39 bits per heavy atom. The molecule has 1 heterocycles. The van der Waals surface area contributed by atoms with Gasteiger partial charge in [-0.2, -0.15) is 0 Å². The van der Waals surface area contributed by atoms with E-state index in [2.05, 4.69) is 18.3 Å². The third kappa shape index (κ3) is 2.28. The molecule has 1 N–H and O–H groups in total. The van der Waals surface area contributed by atoms with Gasteiger partial charge in [-0.05, 0) is 13.0 Å². The normalized spacial score (nSPS) is 22.9. The number of urea groups is 1. The first-order chi connectivity index (χ1) is 8.50. The van der Waals surface area contributed by atoms with Gasteiger partial charge in [-0.1, -0.05) is 25.1 Å². The predicted octanol–water partition coefficient (Wildman–Crippen LogP) is 2.21. The Labute approximate surface area is 108 Å². The fourth-order valence-corrected chi connectivity index (χ4v) is 2.33. The van der Waals surface area contributed by atoms with E-state index in [4.69, 9.17) is 4.74 Å². The molecule has 0 saturated carbocycles. The number of nitrogens with one attached hydrogen (secondary N) is 1. The molecular weight excluding hydrogens is 228 g/mol. The van der Waals surface area contributed by atoms with E-state index in [1.165, 1.54) is 10.5 Å². The predicted molar refractivity (Wildman–Crippen MR) is 71.0 cm³/mol. The molecule has 0 unspecified atom stereocenters. The summed E-state index contributed by atoms with van der Waals surface area (Å²) >= 11 is 0. The first-order valence-corrected chi connectivity index (χ1v) is 6.24. The molecule has 98 valence electrons. The fraction of sp³-hybridized carbons (Fsp3) is 0.500. The highest BCUT2D eigenvalue weighted by Crippen LogP contribution is 2.38. The summed E-state index contributed by atoms with van der Waals surface area (Å²) in [5, 5.41) is 2.95. The van der Waals surface area contributed by atoms with E-state index in [1.807, 2.05) is 25.1 Å². The number of carbonyl (C=O) groups is 1. The van der Waals surface area contributed by atoms with Crippen molar-refractivity contribution in [2.45, 2.75) is 31.9 Å². The highest BCUT2D eigenvalue weighted by atomic mass is 16.5. The summed E-state index contributed by atoms with van der Waals surface area (Å²) in [7, 11) is 3.46. The van der Waals surface area contributed by atoms with E-state index in [0.717, 1.165) is 5.75 Å². The number of amides is 2. The van der Waals surface area contributed by atoms with Gasteiger partial charge in [0, 0.05) is 25.6 Å². The van der Waals surface area contributed by atoms with Gasteiger partial charge in [-0.25, -0.2) is 4.79 Å². The molecule has 0 fully saturated rings. The number of hydrogen-bond donors (Lipinski definition) is 1. The number of hydrogen-bond acceptors (Lipinski definition) is 2. The standard InChI is InChI=1S/C14H20N2O2/c1-9-11-7-5-6-8-12(11)18-13(9)10(2)15-14(17)16(3)4/h5-10,13H,1-4H3,(H,15,17)/t9-,10+,13+/m1/s1. The molecule has 0 saturated heterocycles. The number of rotatable bonds is 2. The zero-order chi connectivity index (χ0) is 13.3. The number of para-hydroxylation sites is 1. The summed E-state index contributed by atoms with van der Waals surface area (Å²) in [6.45, 7) is 4.11. The monoisotopic (exact) mass is 248 g/mol. The fourth-order valence-electron chi connectivity index (χ4n) is 2.33. The highest BCUT2D eigenvalue weighted by molar-refractivity contribution is 5.73. The Morgan fingerprint density at radius 2 is 2.06 bits per heavy atom. The maximum absolute atomic E-state index is 11.6. The van der Waals surface area contributed by atoms with Crippen molar-refractivity contribution in [2.75, 3.05) is 14.1 Å². The van der Waals surface area contributed by atoms with Crippen LogP contribution in [0.3, 0.4) is 0 Å². The van der Waals surface area contributed by atoms with Crippen LogP contribution in [0.1, 0.15) is 25.3 Å². The lowest BCUT2D eigenvalue weighted by Crippen LogP contribution is -2.47. The molecule has 0 spiro atoms. The van der Waals surface area contributed by atoms with Crippen molar-refractivity contribution in [3.05, 3.63) is 29.8 Å². The van der Waals surface area contributed by atoms with Gasteiger partial charge in [0.05, 0.1) is 6.04 Å². The molecule has 0 aliphatic carbocycles. The van der Waals surface area contributed by atoms with Crippen molar-refractivity contribution in [1.82, 2.24) is 10.2 Å². The molecular formula is C14H20N2O2. The minimum absolute atomic E-state index is 0.00806. The topological polar surface area (TPSA) is 41.6 Å². The third-order valence-electron chi connectivity index (χ3n) is 3.42. The largest absolute Gasteiger partial charge is 0.487 e. The van der Waals surface area contributed by atoms with Gasteiger partial charge in [0.1, 0.15) is 11.9 Å². The van der Waals surface area contributed by atoms with Crippen LogP contribution in [-0.4, -0.2) is 37.2 Å². The molecule has 2 amide bonds.